The Hall–Kier alpha value is -5.71. The maximum Gasteiger partial charge on any atom is 0.334 e. The van der Waals surface area contributed by atoms with Crippen LogP contribution < -0.4 is 25.3 Å². The molecule has 0 aliphatic heterocycles. The van der Waals surface area contributed by atoms with Gasteiger partial charge < -0.3 is 25.3 Å². The maximum atomic E-state index is 13.1. The minimum absolute atomic E-state index is 0.00186. The Morgan fingerprint density at radius 1 is 0.791 bits per heavy atom. The molecule has 1 atom stereocenters. The molecule has 220 valence electrons. The number of carbonyl (C=O) groups is 3. The number of nitrogens with two attached hydrogens (primary N) is 1. The van der Waals surface area contributed by atoms with Gasteiger partial charge in [0.05, 0.1) is 17.8 Å². The van der Waals surface area contributed by atoms with E-state index in [1.165, 1.54) is 12.1 Å². The number of benzene rings is 4. The van der Waals surface area contributed by atoms with Gasteiger partial charge in [0.2, 0.25) is 11.8 Å². The summed E-state index contributed by atoms with van der Waals surface area (Å²) in [6.07, 6.45) is -0.704. The molecule has 43 heavy (non-hydrogen) atoms. The van der Waals surface area contributed by atoms with Gasteiger partial charge in [0, 0.05) is 23.8 Å². The molecule has 0 fully saturated rings. The molecule has 0 saturated carbocycles. The zero-order valence-corrected chi connectivity index (χ0v) is 23.0. The Bertz CT molecular complexity index is 1560. The van der Waals surface area contributed by atoms with Crippen LogP contribution >= 0.6 is 0 Å². The van der Waals surface area contributed by atoms with Crippen LogP contribution in [0.15, 0.2) is 103 Å². The molecule has 4 aromatic rings. The average Bonchev–Trinajstić information content (AvgIpc) is 3.00. The summed E-state index contributed by atoms with van der Waals surface area (Å²) >= 11 is 0. The zero-order chi connectivity index (χ0) is 30.6. The Morgan fingerprint density at radius 3 is 1.95 bits per heavy atom. The van der Waals surface area contributed by atoms with Gasteiger partial charge >= 0.3 is 5.97 Å². The summed E-state index contributed by atoms with van der Waals surface area (Å²) in [5.74, 6) is -1.43. The predicted molar refractivity (Wildman–Crippen MR) is 156 cm³/mol. The fourth-order valence-corrected chi connectivity index (χ4v) is 4.02. The normalized spacial score (nSPS) is 11.2. The van der Waals surface area contributed by atoms with Gasteiger partial charge in [0.25, 0.3) is 5.69 Å². The molecule has 4 rings (SSSR count). The molecular weight excluding hydrogens is 554 g/mol. The number of nitro groups is 1. The van der Waals surface area contributed by atoms with E-state index in [-0.39, 0.29) is 24.5 Å². The largest absolute Gasteiger partial charge is 0.489 e. The lowest BCUT2D eigenvalue weighted by Gasteiger charge is -2.18. The Labute approximate surface area is 247 Å². The summed E-state index contributed by atoms with van der Waals surface area (Å²) in [5, 5.41) is 13.4. The number of nitrogens with zero attached hydrogens (tertiary/aromatic N) is 1. The van der Waals surface area contributed by atoms with Crippen LogP contribution in [0.3, 0.4) is 0 Å². The highest BCUT2D eigenvalue weighted by atomic mass is 16.6. The van der Waals surface area contributed by atoms with Crippen molar-refractivity contribution in [3.63, 3.8) is 0 Å². The van der Waals surface area contributed by atoms with Crippen LogP contribution in [0.2, 0.25) is 0 Å². The molecule has 0 spiro atoms. The van der Waals surface area contributed by atoms with Crippen molar-refractivity contribution in [3.8, 4) is 17.2 Å². The molecule has 0 aliphatic rings. The second-order valence-electron chi connectivity index (χ2n) is 9.46. The second kappa shape index (κ2) is 14.8. The number of amides is 2. The molecule has 3 N–H and O–H groups in total. The minimum Gasteiger partial charge on any atom is -0.489 e. The molecule has 0 radical (unpaired) electrons. The van der Waals surface area contributed by atoms with Crippen LogP contribution in [0.4, 0.5) is 5.69 Å². The topological polar surface area (TPSA) is 160 Å². The first-order valence-electron chi connectivity index (χ1n) is 13.3. The van der Waals surface area contributed by atoms with E-state index in [4.69, 9.17) is 19.9 Å². The fourth-order valence-electron chi connectivity index (χ4n) is 4.02. The standard InChI is InChI=1S/C32H29N3O8/c33-30(36)19-28(32(38)43-26-15-12-25(13-16-26)35(39)40)34-31(37)17-24-11-14-27(41-20-22-7-3-1-4-8-22)18-29(24)42-21-23-9-5-2-6-10-23/h1-16,18,28H,17,19-21H2,(H2,33,36)(H,34,37)/t28-/m0/s1. The molecule has 0 heterocycles. The first-order chi connectivity index (χ1) is 20.8. The number of esters is 1. The van der Waals surface area contributed by atoms with E-state index in [1.807, 2.05) is 60.7 Å². The van der Waals surface area contributed by atoms with Gasteiger partial charge in [-0.25, -0.2) is 4.79 Å². The van der Waals surface area contributed by atoms with Crippen molar-refractivity contribution in [1.29, 1.82) is 0 Å². The van der Waals surface area contributed by atoms with Gasteiger partial charge in [-0.05, 0) is 29.3 Å². The van der Waals surface area contributed by atoms with E-state index >= 15 is 0 Å². The molecule has 0 aliphatic carbocycles. The maximum absolute atomic E-state index is 13.1. The van der Waals surface area contributed by atoms with E-state index < -0.39 is 35.2 Å². The first kappa shape index (κ1) is 30.3. The van der Waals surface area contributed by atoms with Gasteiger partial charge in [0.1, 0.15) is 36.5 Å². The molecule has 0 saturated heterocycles. The molecule has 4 aromatic carbocycles. The Morgan fingerprint density at radius 2 is 1.37 bits per heavy atom. The molecule has 11 heteroatoms. The van der Waals surface area contributed by atoms with Gasteiger partial charge in [0.15, 0.2) is 0 Å². The summed E-state index contributed by atoms with van der Waals surface area (Å²) in [7, 11) is 0. The first-order valence-corrected chi connectivity index (χ1v) is 13.3. The average molecular weight is 584 g/mol. The quantitative estimate of drug-likeness (QED) is 0.0964. The van der Waals surface area contributed by atoms with Crippen LogP contribution in [0.25, 0.3) is 0 Å². The third kappa shape index (κ3) is 9.42. The van der Waals surface area contributed by atoms with Crippen molar-refractivity contribution in [2.24, 2.45) is 5.73 Å². The Kier molecular flexibility index (Phi) is 10.4. The van der Waals surface area contributed by atoms with Gasteiger partial charge in [-0.1, -0.05) is 66.7 Å². The van der Waals surface area contributed by atoms with Crippen molar-refractivity contribution >= 4 is 23.5 Å². The number of non-ortho nitro benzene ring substituents is 1. The summed E-state index contributed by atoms with van der Waals surface area (Å²) in [4.78, 5) is 47.8. The number of nitro benzene ring substituents is 1. The van der Waals surface area contributed by atoms with Crippen molar-refractivity contribution < 1.29 is 33.5 Å². The van der Waals surface area contributed by atoms with E-state index in [1.54, 1.807) is 18.2 Å². The van der Waals surface area contributed by atoms with Crippen molar-refractivity contribution in [3.05, 3.63) is 130 Å². The molecule has 11 nitrogen and oxygen atoms in total. The third-order valence-electron chi connectivity index (χ3n) is 6.17. The number of primary amides is 1. The number of nitrogens with one attached hydrogen (secondary N) is 1. The molecular formula is C32H29N3O8. The third-order valence-corrected chi connectivity index (χ3v) is 6.17. The van der Waals surface area contributed by atoms with Gasteiger partial charge in [-0.15, -0.1) is 0 Å². The van der Waals surface area contributed by atoms with Crippen LogP contribution in [-0.4, -0.2) is 28.7 Å². The van der Waals surface area contributed by atoms with Gasteiger partial charge in [-0.2, -0.15) is 0 Å². The number of carbonyl (C=O) groups excluding carboxylic acids is 3. The lowest BCUT2D eigenvalue weighted by atomic mass is 10.1. The van der Waals surface area contributed by atoms with E-state index in [0.717, 1.165) is 23.3 Å². The van der Waals surface area contributed by atoms with E-state index in [0.29, 0.717) is 23.7 Å². The predicted octanol–water partition coefficient (Wildman–Crippen LogP) is 4.26. The smallest absolute Gasteiger partial charge is 0.334 e. The van der Waals surface area contributed by atoms with Crippen LogP contribution in [-0.2, 0) is 34.0 Å². The summed E-state index contributed by atoms with van der Waals surface area (Å²) in [5.41, 5.74) is 7.54. The number of hydrogen-bond donors (Lipinski definition) is 2. The highest BCUT2D eigenvalue weighted by Gasteiger charge is 2.26. The monoisotopic (exact) mass is 583 g/mol. The SMILES string of the molecule is NC(=O)C[C@H](NC(=O)Cc1ccc(OCc2ccccc2)cc1OCc1ccccc1)C(=O)Oc1ccc([N+](=O)[O-])cc1. The Balaban J connectivity index is 1.46. The number of rotatable bonds is 14. The van der Waals surface area contributed by atoms with E-state index in [2.05, 4.69) is 5.32 Å². The lowest BCUT2D eigenvalue weighted by molar-refractivity contribution is -0.384. The van der Waals surface area contributed by atoms with Gasteiger partial charge in [-0.3, -0.25) is 19.7 Å². The minimum atomic E-state index is -1.39. The van der Waals surface area contributed by atoms with Crippen molar-refractivity contribution in [2.75, 3.05) is 0 Å². The lowest BCUT2D eigenvalue weighted by Crippen LogP contribution is -2.45. The molecule has 0 bridgehead atoms. The summed E-state index contributed by atoms with van der Waals surface area (Å²) in [6, 6.07) is 27.6. The van der Waals surface area contributed by atoms with Crippen molar-refractivity contribution in [1.82, 2.24) is 5.32 Å². The fraction of sp³-hybridized carbons (Fsp3) is 0.156. The summed E-state index contributed by atoms with van der Waals surface area (Å²) < 4.78 is 17.2. The van der Waals surface area contributed by atoms with E-state index in [9.17, 15) is 24.5 Å². The second-order valence-corrected chi connectivity index (χ2v) is 9.46. The summed E-state index contributed by atoms with van der Waals surface area (Å²) in [6.45, 7) is 0.577. The molecule has 0 aromatic heterocycles. The van der Waals surface area contributed by atoms with Crippen molar-refractivity contribution in [2.45, 2.75) is 32.1 Å². The van der Waals surface area contributed by atoms with Crippen LogP contribution in [0, 0.1) is 10.1 Å². The van der Waals surface area contributed by atoms with Crippen LogP contribution in [0.5, 0.6) is 17.2 Å². The number of ether oxygens (including phenoxy) is 3. The zero-order valence-electron chi connectivity index (χ0n) is 23.0. The van der Waals surface area contributed by atoms with Crippen LogP contribution in [0.1, 0.15) is 23.1 Å². The highest BCUT2D eigenvalue weighted by Crippen LogP contribution is 2.27. The number of hydrogen-bond acceptors (Lipinski definition) is 8. The highest BCUT2D eigenvalue weighted by molar-refractivity contribution is 5.90. The molecule has 2 amide bonds. The molecule has 0 unspecified atom stereocenters.